The second kappa shape index (κ2) is 4.27. The van der Waals surface area contributed by atoms with Gasteiger partial charge in [0.2, 0.25) is 6.10 Å². The molecule has 0 bridgehead atoms. The molecule has 0 aliphatic heterocycles. The first-order valence-electron chi connectivity index (χ1n) is 3.85. The van der Waals surface area contributed by atoms with Crippen LogP contribution in [0.3, 0.4) is 0 Å². The molecule has 0 saturated heterocycles. The fourth-order valence-electron chi connectivity index (χ4n) is 0.910. The highest BCUT2D eigenvalue weighted by atomic mass is 16.5. The summed E-state index contributed by atoms with van der Waals surface area (Å²) in [5, 5.41) is 8.47. The Morgan fingerprint density at radius 3 is 2.77 bits per heavy atom. The fourth-order valence-corrected chi connectivity index (χ4v) is 0.910. The quantitative estimate of drug-likeness (QED) is 0.653. The number of nitriles is 1. The van der Waals surface area contributed by atoms with Gasteiger partial charge in [-0.15, -0.1) is 0 Å². The molecule has 0 fully saturated rings. The van der Waals surface area contributed by atoms with Gasteiger partial charge in [-0.1, -0.05) is 18.2 Å². The van der Waals surface area contributed by atoms with Crippen LogP contribution in [-0.2, 0) is 4.79 Å². The van der Waals surface area contributed by atoms with Gasteiger partial charge in [0.1, 0.15) is 11.8 Å². The van der Waals surface area contributed by atoms with Gasteiger partial charge in [0, 0.05) is 0 Å². The van der Waals surface area contributed by atoms with Crippen LogP contribution in [0.4, 0.5) is 0 Å². The lowest BCUT2D eigenvalue weighted by Crippen LogP contribution is -2.15. The third-order valence-corrected chi connectivity index (χ3v) is 1.60. The molecule has 0 saturated carbocycles. The molecular weight excluding hydrogens is 166 g/mol. The molecule has 13 heavy (non-hydrogen) atoms. The van der Waals surface area contributed by atoms with Crippen molar-refractivity contribution in [2.24, 2.45) is 0 Å². The molecule has 0 aliphatic carbocycles. The Labute approximate surface area is 76.6 Å². The van der Waals surface area contributed by atoms with E-state index in [1.165, 1.54) is 0 Å². The first-order chi connectivity index (χ1) is 6.27. The molecule has 1 rings (SSSR count). The Hall–Kier alpha value is -1.82. The van der Waals surface area contributed by atoms with Crippen molar-refractivity contribution in [3.63, 3.8) is 0 Å². The van der Waals surface area contributed by atoms with E-state index in [1.807, 2.05) is 19.1 Å². The summed E-state index contributed by atoms with van der Waals surface area (Å²) < 4.78 is 5.11. The Balaban J connectivity index is 2.80. The fraction of sp³-hybridized carbons (Fsp3) is 0.200. The zero-order valence-corrected chi connectivity index (χ0v) is 7.23. The molecule has 0 N–H and O–H groups in total. The second-order valence-electron chi connectivity index (χ2n) is 2.57. The first kappa shape index (κ1) is 9.27. The Kier molecular flexibility index (Phi) is 3.04. The highest BCUT2D eigenvalue weighted by Crippen LogP contribution is 2.16. The monoisotopic (exact) mass is 175 g/mol. The van der Waals surface area contributed by atoms with Crippen molar-refractivity contribution in [1.29, 1.82) is 5.26 Å². The van der Waals surface area contributed by atoms with Crippen molar-refractivity contribution in [2.45, 2.75) is 13.0 Å². The Bertz CT molecular complexity index is 341. The van der Waals surface area contributed by atoms with Gasteiger partial charge in [-0.3, -0.25) is 4.79 Å². The lowest BCUT2D eigenvalue weighted by Gasteiger charge is -2.08. The molecular formula is C10H9NO2. The topological polar surface area (TPSA) is 50.1 Å². The van der Waals surface area contributed by atoms with Crippen LogP contribution in [0.5, 0.6) is 5.75 Å². The minimum absolute atomic E-state index is 0.479. The van der Waals surface area contributed by atoms with Crippen molar-refractivity contribution >= 4 is 6.29 Å². The number of aryl methyl sites for hydroxylation is 1. The van der Waals surface area contributed by atoms with E-state index in [2.05, 4.69) is 0 Å². The van der Waals surface area contributed by atoms with E-state index >= 15 is 0 Å². The van der Waals surface area contributed by atoms with Crippen molar-refractivity contribution in [1.82, 2.24) is 0 Å². The molecule has 0 radical (unpaired) electrons. The zero-order valence-electron chi connectivity index (χ0n) is 7.23. The van der Waals surface area contributed by atoms with Gasteiger partial charge in [0.15, 0.2) is 6.29 Å². The molecule has 1 aromatic rings. The van der Waals surface area contributed by atoms with Crippen molar-refractivity contribution in [2.75, 3.05) is 0 Å². The third-order valence-electron chi connectivity index (χ3n) is 1.60. The normalized spacial score (nSPS) is 11.4. The molecule has 0 heterocycles. The standard InChI is InChI=1S/C10H9NO2/c1-8-4-2-3-5-10(8)13-9(6-11)7-12/h2-5,7,9H,1H3. The molecule has 0 aliphatic rings. The second-order valence-corrected chi connectivity index (χ2v) is 2.57. The number of aldehydes is 1. The Morgan fingerprint density at radius 2 is 2.23 bits per heavy atom. The van der Waals surface area contributed by atoms with E-state index in [1.54, 1.807) is 18.2 Å². The maximum atomic E-state index is 10.3. The van der Waals surface area contributed by atoms with Crippen LogP contribution in [0.2, 0.25) is 0 Å². The number of ether oxygens (including phenoxy) is 1. The predicted molar refractivity (Wildman–Crippen MR) is 47.3 cm³/mol. The summed E-state index contributed by atoms with van der Waals surface area (Å²) in [4.78, 5) is 10.3. The number of carbonyl (C=O) groups is 1. The highest BCUT2D eigenvalue weighted by Gasteiger charge is 2.07. The molecule has 3 nitrogen and oxygen atoms in total. The number of hydrogen-bond donors (Lipinski definition) is 0. The van der Waals surface area contributed by atoms with Crippen LogP contribution in [0.15, 0.2) is 24.3 Å². The van der Waals surface area contributed by atoms with E-state index in [4.69, 9.17) is 10.00 Å². The van der Waals surface area contributed by atoms with Crippen molar-refractivity contribution in [3.05, 3.63) is 29.8 Å². The predicted octanol–water partition coefficient (Wildman–Crippen LogP) is 1.46. The van der Waals surface area contributed by atoms with Gasteiger partial charge in [0.05, 0.1) is 0 Å². The summed E-state index contributed by atoms with van der Waals surface area (Å²) in [5.74, 6) is 0.571. The molecule has 66 valence electrons. The van der Waals surface area contributed by atoms with Crippen LogP contribution in [-0.4, -0.2) is 12.4 Å². The third kappa shape index (κ3) is 2.31. The van der Waals surface area contributed by atoms with Crippen molar-refractivity contribution in [3.8, 4) is 11.8 Å². The summed E-state index contributed by atoms with van der Waals surface area (Å²) in [5.41, 5.74) is 0.907. The van der Waals surface area contributed by atoms with Gasteiger partial charge in [-0.2, -0.15) is 5.26 Å². The number of rotatable bonds is 3. The van der Waals surface area contributed by atoms with E-state index < -0.39 is 6.10 Å². The number of nitrogens with zero attached hydrogens (tertiary/aromatic N) is 1. The number of carbonyl (C=O) groups excluding carboxylic acids is 1. The number of hydrogen-bond acceptors (Lipinski definition) is 3. The molecule has 1 atom stereocenters. The molecule has 3 heteroatoms. The summed E-state index contributed by atoms with van der Waals surface area (Å²) in [7, 11) is 0. The Morgan fingerprint density at radius 1 is 1.54 bits per heavy atom. The summed E-state index contributed by atoms with van der Waals surface area (Å²) in [6.07, 6.45) is -0.534. The van der Waals surface area contributed by atoms with Crippen molar-refractivity contribution < 1.29 is 9.53 Å². The smallest absolute Gasteiger partial charge is 0.238 e. The van der Waals surface area contributed by atoms with Crippen LogP contribution < -0.4 is 4.74 Å². The van der Waals surface area contributed by atoms with E-state index in [0.717, 1.165) is 5.56 Å². The lowest BCUT2D eigenvalue weighted by atomic mass is 10.2. The van der Waals surface area contributed by atoms with Crippen LogP contribution in [0.25, 0.3) is 0 Å². The lowest BCUT2D eigenvalue weighted by molar-refractivity contribution is -0.111. The molecule has 1 aromatic carbocycles. The summed E-state index contributed by atoms with van der Waals surface area (Å²) in [6, 6.07) is 8.98. The van der Waals surface area contributed by atoms with Crippen LogP contribution in [0, 0.1) is 18.3 Å². The minimum atomic E-state index is -1.01. The van der Waals surface area contributed by atoms with Gasteiger partial charge < -0.3 is 4.74 Å². The average Bonchev–Trinajstić information content (AvgIpc) is 2.17. The van der Waals surface area contributed by atoms with Crippen LogP contribution in [0.1, 0.15) is 5.56 Å². The highest BCUT2D eigenvalue weighted by molar-refractivity contribution is 5.61. The molecule has 0 aromatic heterocycles. The SMILES string of the molecule is Cc1ccccc1OC(C#N)C=O. The first-order valence-corrected chi connectivity index (χ1v) is 3.85. The molecule has 1 unspecified atom stereocenters. The van der Waals surface area contributed by atoms with E-state index in [0.29, 0.717) is 12.0 Å². The van der Waals surface area contributed by atoms with Crippen LogP contribution >= 0.6 is 0 Å². The average molecular weight is 175 g/mol. The van der Waals surface area contributed by atoms with Gasteiger partial charge in [0.25, 0.3) is 0 Å². The van der Waals surface area contributed by atoms with E-state index in [9.17, 15) is 4.79 Å². The van der Waals surface area contributed by atoms with Gasteiger partial charge >= 0.3 is 0 Å². The molecule has 0 amide bonds. The number of benzene rings is 1. The minimum Gasteiger partial charge on any atom is -0.468 e. The largest absolute Gasteiger partial charge is 0.468 e. The van der Waals surface area contributed by atoms with Gasteiger partial charge in [-0.25, -0.2) is 0 Å². The zero-order chi connectivity index (χ0) is 9.68. The van der Waals surface area contributed by atoms with Gasteiger partial charge in [-0.05, 0) is 18.6 Å². The summed E-state index contributed by atoms with van der Waals surface area (Å²) >= 11 is 0. The molecule has 0 spiro atoms. The summed E-state index contributed by atoms with van der Waals surface area (Å²) in [6.45, 7) is 1.86. The number of para-hydroxylation sites is 1. The maximum Gasteiger partial charge on any atom is 0.238 e. The van der Waals surface area contributed by atoms with E-state index in [-0.39, 0.29) is 0 Å². The maximum absolute atomic E-state index is 10.3.